The summed E-state index contributed by atoms with van der Waals surface area (Å²) in [4.78, 5) is 22.8. The lowest BCUT2D eigenvalue weighted by atomic mass is 10.1. The van der Waals surface area contributed by atoms with E-state index in [4.69, 9.17) is 16.7 Å². The maximum Gasteiger partial charge on any atom is 0.326 e. The SMILES string of the molecule is CCC[C@@H](NC(=O)c1ccc(C)c(Cl)c1)C(=O)O. The van der Waals surface area contributed by atoms with E-state index in [1.54, 1.807) is 12.1 Å². The molecule has 0 fully saturated rings. The molecule has 1 atom stereocenters. The minimum absolute atomic E-state index is 0.368. The number of carbonyl (C=O) groups is 2. The average Bonchev–Trinajstić information content (AvgIpc) is 2.31. The van der Waals surface area contributed by atoms with Crippen molar-refractivity contribution >= 4 is 23.5 Å². The Bertz CT molecular complexity index is 460. The van der Waals surface area contributed by atoms with E-state index >= 15 is 0 Å². The number of hydrogen-bond acceptors (Lipinski definition) is 2. The first kappa shape index (κ1) is 14.5. The summed E-state index contributed by atoms with van der Waals surface area (Å²) in [6, 6.07) is 4.04. The number of carboxylic acid groups (broad SMARTS) is 1. The summed E-state index contributed by atoms with van der Waals surface area (Å²) < 4.78 is 0. The predicted molar refractivity (Wildman–Crippen MR) is 70.0 cm³/mol. The second kappa shape index (κ2) is 6.40. The van der Waals surface area contributed by atoms with Crippen LogP contribution in [0.15, 0.2) is 18.2 Å². The third kappa shape index (κ3) is 3.74. The van der Waals surface area contributed by atoms with E-state index in [2.05, 4.69) is 5.32 Å². The molecule has 0 saturated carbocycles. The van der Waals surface area contributed by atoms with Gasteiger partial charge in [0.25, 0.3) is 5.91 Å². The molecule has 1 aromatic carbocycles. The van der Waals surface area contributed by atoms with Gasteiger partial charge in [0.05, 0.1) is 0 Å². The van der Waals surface area contributed by atoms with Gasteiger partial charge in [0, 0.05) is 10.6 Å². The maximum absolute atomic E-state index is 11.9. The van der Waals surface area contributed by atoms with Crippen LogP contribution in [0.3, 0.4) is 0 Å². The van der Waals surface area contributed by atoms with Crippen LogP contribution in [-0.4, -0.2) is 23.0 Å². The molecule has 0 heterocycles. The topological polar surface area (TPSA) is 66.4 Å². The van der Waals surface area contributed by atoms with Crippen molar-refractivity contribution in [1.29, 1.82) is 0 Å². The molecule has 0 aliphatic carbocycles. The normalized spacial score (nSPS) is 11.9. The zero-order valence-electron chi connectivity index (χ0n) is 10.4. The molecular formula is C13H16ClNO3. The smallest absolute Gasteiger partial charge is 0.326 e. The van der Waals surface area contributed by atoms with Crippen molar-refractivity contribution in [3.63, 3.8) is 0 Å². The summed E-state index contributed by atoms with van der Waals surface area (Å²) in [5, 5.41) is 11.9. The number of amides is 1. The van der Waals surface area contributed by atoms with Gasteiger partial charge >= 0.3 is 5.97 Å². The number of aryl methyl sites for hydroxylation is 1. The fourth-order valence-corrected chi connectivity index (χ4v) is 1.70. The molecule has 1 amide bonds. The second-order valence-corrected chi connectivity index (χ2v) is 4.52. The lowest BCUT2D eigenvalue weighted by Crippen LogP contribution is -2.40. The van der Waals surface area contributed by atoms with Gasteiger partial charge in [-0.05, 0) is 31.0 Å². The maximum atomic E-state index is 11.9. The Hall–Kier alpha value is -1.55. The number of carbonyl (C=O) groups excluding carboxylic acids is 1. The van der Waals surface area contributed by atoms with Gasteiger partial charge in [-0.25, -0.2) is 4.79 Å². The molecule has 4 nitrogen and oxygen atoms in total. The van der Waals surface area contributed by atoms with Gasteiger partial charge in [-0.15, -0.1) is 0 Å². The summed E-state index contributed by atoms with van der Waals surface area (Å²) >= 11 is 5.92. The van der Waals surface area contributed by atoms with Crippen LogP contribution in [0.2, 0.25) is 5.02 Å². The molecule has 1 aromatic rings. The number of carboxylic acids is 1. The summed E-state index contributed by atoms with van der Waals surface area (Å²) in [6.45, 7) is 3.70. The van der Waals surface area contributed by atoms with Gasteiger partial charge in [0.2, 0.25) is 0 Å². The van der Waals surface area contributed by atoms with Crippen molar-refractivity contribution in [3.05, 3.63) is 34.3 Å². The third-order valence-corrected chi connectivity index (χ3v) is 3.02. The number of halogens is 1. The zero-order chi connectivity index (χ0) is 13.7. The van der Waals surface area contributed by atoms with Crippen LogP contribution in [0.25, 0.3) is 0 Å². The molecule has 0 spiro atoms. The summed E-state index contributed by atoms with van der Waals surface area (Å²) in [7, 11) is 0. The number of rotatable bonds is 5. The molecule has 0 bridgehead atoms. The highest BCUT2D eigenvalue weighted by molar-refractivity contribution is 6.31. The Morgan fingerprint density at radius 1 is 1.44 bits per heavy atom. The van der Waals surface area contributed by atoms with Gasteiger partial charge in [0.1, 0.15) is 6.04 Å². The molecule has 98 valence electrons. The minimum Gasteiger partial charge on any atom is -0.480 e. The van der Waals surface area contributed by atoms with Crippen molar-refractivity contribution < 1.29 is 14.7 Å². The van der Waals surface area contributed by atoms with Gasteiger partial charge in [-0.1, -0.05) is 31.0 Å². The van der Waals surface area contributed by atoms with Crippen molar-refractivity contribution in [2.45, 2.75) is 32.7 Å². The van der Waals surface area contributed by atoms with Crippen LogP contribution in [0.5, 0.6) is 0 Å². The Morgan fingerprint density at radius 2 is 2.11 bits per heavy atom. The molecule has 0 aliphatic rings. The van der Waals surface area contributed by atoms with Crippen LogP contribution in [0.1, 0.15) is 35.7 Å². The number of aliphatic carboxylic acids is 1. The first-order valence-corrected chi connectivity index (χ1v) is 6.13. The van der Waals surface area contributed by atoms with Crippen LogP contribution in [0, 0.1) is 6.92 Å². The van der Waals surface area contributed by atoms with Crippen LogP contribution in [-0.2, 0) is 4.79 Å². The van der Waals surface area contributed by atoms with Crippen LogP contribution in [0.4, 0.5) is 0 Å². The quantitative estimate of drug-likeness (QED) is 0.863. The van der Waals surface area contributed by atoms with Gasteiger partial charge in [-0.2, -0.15) is 0 Å². The predicted octanol–water partition coefficient (Wildman–Crippen LogP) is 2.63. The number of hydrogen-bond donors (Lipinski definition) is 2. The Balaban J connectivity index is 2.80. The molecule has 2 N–H and O–H groups in total. The van der Waals surface area contributed by atoms with Crippen molar-refractivity contribution in [1.82, 2.24) is 5.32 Å². The lowest BCUT2D eigenvalue weighted by Gasteiger charge is -2.13. The van der Waals surface area contributed by atoms with E-state index in [1.165, 1.54) is 6.07 Å². The van der Waals surface area contributed by atoms with E-state index in [0.29, 0.717) is 23.4 Å². The number of benzene rings is 1. The number of nitrogens with one attached hydrogen (secondary N) is 1. The van der Waals surface area contributed by atoms with E-state index in [1.807, 2.05) is 13.8 Å². The molecule has 5 heteroatoms. The first-order valence-electron chi connectivity index (χ1n) is 5.75. The Labute approximate surface area is 111 Å². The summed E-state index contributed by atoms with van der Waals surface area (Å²) in [5.41, 5.74) is 1.24. The zero-order valence-corrected chi connectivity index (χ0v) is 11.1. The molecule has 0 saturated heterocycles. The van der Waals surface area contributed by atoms with Crippen molar-refractivity contribution in [3.8, 4) is 0 Å². The standard InChI is InChI=1S/C13H16ClNO3/c1-3-4-11(13(17)18)15-12(16)9-6-5-8(2)10(14)7-9/h5-7,11H,3-4H2,1-2H3,(H,15,16)(H,17,18)/t11-/m1/s1. The molecule has 0 unspecified atom stereocenters. The molecule has 18 heavy (non-hydrogen) atoms. The Morgan fingerprint density at radius 3 is 2.61 bits per heavy atom. The van der Waals surface area contributed by atoms with Gasteiger partial charge in [0.15, 0.2) is 0 Å². The molecule has 0 aliphatic heterocycles. The fourth-order valence-electron chi connectivity index (χ4n) is 1.52. The average molecular weight is 270 g/mol. The highest BCUT2D eigenvalue weighted by atomic mass is 35.5. The van der Waals surface area contributed by atoms with Gasteiger partial charge < -0.3 is 10.4 Å². The molecule has 0 aromatic heterocycles. The Kier molecular flexibility index (Phi) is 5.16. The van der Waals surface area contributed by atoms with E-state index in [9.17, 15) is 9.59 Å². The van der Waals surface area contributed by atoms with Gasteiger partial charge in [-0.3, -0.25) is 4.79 Å². The fraction of sp³-hybridized carbons (Fsp3) is 0.385. The summed E-state index contributed by atoms with van der Waals surface area (Å²) in [6.07, 6.45) is 1.09. The molecule has 1 rings (SSSR count). The lowest BCUT2D eigenvalue weighted by molar-refractivity contribution is -0.139. The van der Waals surface area contributed by atoms with E-state index < -0.39 is 17.9 Å². The minimum atomic E-state index is -1.02. The molecular weight excluding hydrogens is 254 g/mol. The summed E-state index contributed by atoms with van der Waals surface area (Å²) in [5.74, 6) is -1.44. The van der Waals surface area contributed by atoms with Crippen molar-refractivity contribution in [2.24, 2.45) is 0 Å². The van der Waals surface area contributed by atoms with Crippen molar-refractivity contribution in [2.75, 3.05) is 0 Å². The third-order valence-electron chi connectivity index (χ3n) is 2.61. The second-order valence-electron chi connectivity index (χ2n) is 4.12. The first-order chi connectivity index (χ1) is 8.45. The van der Waals surface area contributed by atoms with E-state index in [-0.39, 0.29) is 0 Å². The highest BCUT2D eigenvalue weighted by Gasteiger charge is 2.19. The van der Waals surface area contributed by atoms with Crippen LogP contribution >= 0.6 is 11.6 Å². The molecule has 0 radical (unpaired) electrons. The van der Waals surface area contributed by atoms with Crippen LogP contribution < -0.4 is 5.32 Å². The largest absolute Gasteiger partial charge is 0.480 e. The monoisotopic (exact) mass is 269 g/mol. The highest BCUT2D eigenvalue weighted by Crippen LogP contribution is 2.16. The van der Waals surface area contributed by atoms with E-state index in [0.717, 1.165) is 5.56 Å².